The second-order valence-electron chi connectivity index (χ2n) is 3.56. The second-order valence-corrected chi connectivity index (χ2v) is 4.40. The van der Waals surface area contributed by atoms with Crippen LogP contribution in [0, 0.1) is 0 Å². The molecule has 0 aliphatic carbocycles. The maximum atomic E-state index is 11.5. The summed E-state index contributed by atoms with van der Waals surface area (Å²) < 4.78 is 5.16. The molecule has 18 heavy (non-hydrogen) atoms. The van der Waals surface area contributed by atoms with Crippen LogP contribution in [0.25, 0.3) is 0 Å². The van der Waals surface area contributed by atoms with Crippen molar-refractivity contribution in [2.24, 2.45) is 0 Å². The molecule has 1 aromatic carbocycles. The summed E-state index contributed by atoms with van der Waals surface area (Å²) in [6, 6.07) is 4.60. The number of halogens is 2. The number of amides is 2. The molecule has 6 heteroatoms. The zero-order valence-corrected chi connectivity index (χ0v) is 11.6. The first kappa shape index (κ1) is 15.1. The lowest BCUT2D eigenvalue weighted by atomic mass is 10.3. The van der Waals surface area contributed by atoms with Crippen LogP contribution in [-0.2, 0) is 4.74 Å². The predicted molar refractivity (Wildman–Crippen MR) is 74.6 cm³/mol. The van der Waals surface area contributed by atoms with E-state index in [-0.39, 0.29) is 6.03 Å². The number of nitrogens with one attached hydrogen (secondary N) is 2. The van der Waals surface area contributed by atoms with Crippen LogP contribution in [0.1, 0.15) is 13.3 Å². The molecular weight excluding hydrogens is 275 g/mol. The van der Waals surface area contributed by atoms with E-state index in [9.17, 15) is 4.79 Å². The molecule has 0 saturated heterocycles. The first-order valence-electron chi connectivity index (χ1n) is 5.71. The molecule has 1 rings (SSSR count). The Morgan fingerprint density at radius 2 is 2.17 bits per heavy atom. The Labute approximate surface area is 117 Å². The normalized spacial score (nSPS) is 10.2. The summed E-state index contributed by atoms with van der Waals surface area (Å²) in [5, 5.41) is 6.30. The summed E-state index contributed by atoms with van der Waals surface area (Å²) in [6.45, 7) is 3.81. The van der Waals surface area contributed by atoms with Crippen LogP contribution in [0.15, 0.2) is 18.2 Å². The molecule has 0 atom stereocenters. The Bertz CT molecular complexity index is 400. The number of anilines is 1. The summed E-state index contributed by atoms with van der Waals surface area (Å²) in [5.41, 5.74) is 0.531. The van der Waals surface area contributed by atoms with Gasteiger partial charge < -0.3 is 15.4 Å². The average Bonchev–Trinajstić information content (AvgIpc) is 2.32. The number of carbonyl (C=O) groups excluding carboxylic acids is 1. The third kappa shape index (κ3) is 5.58. The SMILES string of the molecule is CCOCCCNC(=O)Nc1ccc(Cl)cc1Cl. The number of urea groups is 1. The standard InChI is InChI=1S/C12H16Cl2N2O2/c1-2-18-7-3-6-15-12(17)16-11-5-4-9(13)8-10(11)14/h4-5,8H,2-3,6-7H2,1H3,(H2,15,16,17). The van der Waals surface area contributed by atoms with Gasteiger partial charge in [0.15, 0.2) is 0 Å². The molecule has 0 aromatic heterocycles. The molecule has 4 nitrogen and oxygen atoms in total. The summed E-state index contributed by atoms with van der Waals surface area (Å²) in [7, 11) is 0. The van der Waals surface area contributed by atoms with Crippen molar-refractivity contribution in [1.82, 2.24) is 5.32 Å². The van der Waals surface area contributed by atoms with Gasteiger partial charge in [-0.05, 0) is 31.5 Å². The van der Waals surface area contributed by atoms with Crippen LogP contribution in [0.3, 0.4) is 0 Å². The summed E-state index contributed by atoms with van der Waals surface area (Å²) in [4.78, 5) is 11.5. The average molecular weight is 291 g/mol. The summed E-state index contributed by atoms with van der Waals surface area (Å²) >= 11 is 11.7. The van der Waals surface area contributed by atoms with Crippen molar-refractivity contribution in [2.45, 2.75) is 13.3 Å². The van der Waals surface area contributed by atoms with E-state index in [1.54, 1.807) is 18.2 Å². The van der Waals surface area contributed by atoms with Crippen molar-refractivity contribution in [3.63, 3.8) is 0 Å². The van der Waals surface area contributed by atoms with Crippen LogP contribution in [0.4, 0.5) is 10.5 Å². The Morgan fingerprint density at radius 3 is 2.83 bits per heavy atom. The van der Waals surface area contributed by atoms with Crippen LogP contribution in [0.2, 0.25) is 10.0 Å². The minimum Gasteiger partial charge on any atom is -0.382 e. The highest BCUT2D eigenvalue weighted by Crippen LogP contribution is 2.25. The zero-order valence-electron chi connectivity index (χ0n) is 10.1. The molecule has 0 saturated carbocycles. The fourth-order valence-electron chi connectivity index (χ4n) is 1.28. The molecule has 100 valence electrons. The van der Waals surface area contributed by atoms with Crippen molar-refractivity contribution < 1.29 is 9.53 Å². The Hall–Kier alpha value is -0.970. The summed E-state index contributed by atoms with van der Waals surface area (Å²) in [6.07, 6.45) is 0.773. The van der Waals surface area contributed by atoms with Gasteiger partial charge >= 0.3 is 6.03 Å². The lowest BCUT2D eigenvalue weighted by molar-refractivity contribution is 0.145. The number of hydrogen-bond donors (Lipinski definition) is 2. The van der Waals surface area contributed by atoms with E-state index >= 15 is 0 Å². The minimum absolute atomic E-state index is 0.296. The first-order valence-corrected chi connectivity index (χ1v) is 6.46. The van der Waals surface area contributed by atoms with Gasteiger partial charge in [-0.3, -0.25) is 0 Å². The maximum absolute atomic E-state index is 11.5. The molecule has 2 amide bonds. The van der Waals surface area contributed by atoms with Gasteiger partial charge in [-0.2, -0.15) is 0 Å². The van der Waals surface area contributed by atoms with Gasteiger partial charge in [-0.25, -0.2) is 4.79 Å². The molecule has 0 aliphatic heterocycles. The topological polar surface area (TPSA) is 50.4 Å². The van der Waals surface area contributed by atoms with Crippen LogP contribution < -0.4 is 10.6 Å². The van der Waals surface area contributed by atoms with Crippen molar-refractivity contribution in [3.05, 3.63) is 28.2 Å². The number of hydrogen-bond acceptors (Lipinski definition) is 2. The monoisotopic (exact) mass is 290 g/mol. The van der Waals surface area contributed by atoms with Crippen molar-refractivity contribution in [3.8, 4) is 0 Å². The highest BCUT2D eigenvalue weighted by atomic mass is 35.5. The van der Waals surface area contributed by atoms with Crippen LogP contribution in [-0.4, -0.2) is 25.8 Å². The second kappa shape index (κ2) is 8.19. The van der Waals surface area contributed by atoms with Crippen LogP contribution >= 0.6 is 23.2 Å². The van der Waals surface area contributed by atoms with Gasteiger partial charge in [0, 0.05) is 24.8 Å². The third-order valence-electron chi connectivity index (χ3n) is 2.13. The smallest absolute Gasteiger partial charge is 0.319 e. The third-order valence-corrected chi connectivity index (χ3v) is 2.68. The predicted octanol–water partition coefficient (Wildman–Crippen LogP) is 3.54. The largest absolute Gasteiger partial charge is 0.382 e. The lowest BCUT2D eigenvalue weighted by Crippen LogP contribution is -2.30. The van der Waals surface area contributed by atoms with E-state index in [2.05, 4.69) is 10.6 Å². The maximum Gasteiger partial charge on any atom is 0.319 e. The van der Waals surface area contributed by atoms with Crippen LogP contribution in [0.5, 0.6) is 0 Å². The number of rotatable bonds is 6. The van der Waals surface area contributed by atoms with Gasteiger partial charge in [-0.15, -0.1) is 0 Å². The van der Waals surface area contributed by atoms with Gasteiger partial charge in [0.2, 0.25) is 0 Å². The molecular formula is C12H16Cl2N2O2. The van der Waals surface area contributed by atoms with E-state index in [0.29, 0.717) is 35.5 Å². The van der Waals surface area contributed by atoms with Crippen molar-refractivity contribution >= 4 is 34.9 Å². The van der Waals surface area contributed by atoms with E-state index in [1.165, 1.54) is 0 Å². The van der Waals surface area contributed by atoms with Gasteiger partial charge in [0.05, 0.1) is 10.7 Å². The van der Waals surface area contributed by atoms with E-state index < -0.39 is 0 Å². The van der Waals surface area contributed by atoms with E-state index in [0.717, 1.165) is 6.42 Å². The van der Waals surface area contributed by atoms with Gasteiger partial charge in [0.25, 0.3) is 0 Å². The van der Waals surface area contributed by atoms with E-state index in [1.807, 2.05) is 6.92 Å². The number of ether oxygens (including phenoxy) is 1. The molecule has 0 aliphatic rings. The first-order chi connectivity index (χ1) is 8.63. The minimum atomic E-state index is -0.296. The van der Waals surface area contributed by atoms with Crippen molar-refractivity contribution in [2.75, 3.05) is 25.1 Å². The molecule has 1 aromatic rings. The fraction of sp³-hybridized carbons (Fsp3) is 0.417. The molecule has 0 bridgehead atoms. The Balaban J connectivity index is 2.31. The zero-order chi connectivity index (χ0) is 13.4. The summed E-state index contributed by atoms with van der Waals surface area (Å²) in [5.74, 6) is 0. The molecule has 0 heterocycles. The van der Waals surface area contributed by atoms with E-state index in [4.69, 9.17) is 27.9 Å². The highest BCUT2D eigenvalue weighted by molar-refractivity contribution is 6.36. The molecule has 0 radical (unpaired) electrons. The molecule has 2 N–H and O–H groups in total. The quantitative estimate of drug-likeness (QED) is 0.788. The molecule has 0 fully saturated rings. The highest BCUT2D eigenvalue weighted by Gasteiger charge is 2.05. The van der Waals surface area contributed by atoms with Gasteiger partial charge in [-0.1, -0.05) is 23.2 Å². The molecule has 0 spiro atoms. The Morgan fingerprint density at radius 1 is 1.39 bits per heavy atom. The number of benzene rings is 1. The fourth-order valence-corrected chi connectivity index (χ4v) is 1.73. The van der Waals surface area contributed by atoms with Crippen molar-refractivity contribution in [1.29, 1.82) is 0 Å². The number of carbonyl (C=O) groups is 1. The molecule has 0 unspecified atom stereocenters. The Kier molecular flexibility index (Phi) is 6.86. The van der Waals surface area contributed by atoms with Gasteiger partial charge in [0.1, 0.15) is 0 Å². The lowest BCUT2D eigenvalue weighted by Gasteiger charge is -2.09.